The number of piperidine rings is 1. The van der Waals surface area contributed by atoms with Crippen LogP contribution in [0.25, 0.3) is 11.5 Å². The number of aromatic carboxylic acids is 1. The number of aliphatic hydroxyl groups is 1. The largest absolute Gasteiger partial charge is 0.477 e. The maximum atomic E-state index is 11.6. The van der Waals surface area contributed by atoms with Gasteiger partial charge in [0.2, 0.25) is 0 Å². The van der Waals surface area contributed by atoms with Crippen LogP contribution in [0.4, 0.5) is 5.13 Å². The standard InChI is InChI=1S/C15H20N4O3S.C6H6Cl2N2O.C2H6O/c1-22-10-9-18-8-5-16-13(18)11-12(14(20)21)23-15(17-11)19-6-3-2-4-7-19;1-2-3(7)4(8)5(10-2)6(9)11;1-2-3/h5,8H,2-4,6-7,9-10H2,1H3,(H,20,21);10H,1H3,(H2,9,11);3H,2H2,1H3. The molecule has 1 amide bonds. The molecule has 1 aliphatic rings. The van der Waals surface area contributed by atoms with E-state index in [0.29, 0.717) is 35.4 Å². The molecule has 0 aliphatic carbocycles. The quantitative estimate of drug-likeness (QED) is 0.328. The van der Waals surface area contributed by atoms with Crippen molar-refractivity contribution in [1.29, 1.82) is 0 Å². The second-order valence-corrected chi connectivity index (χ2v) is 9.63. The van der Waals surface area contributed by atoms with Crippen molar-refractivity contribution in [2.75, 3.05) is 38.3 Å². The highest BCUT2D eigenvalue weighted by Crippen LogP contribution is 2.34. The number of carboxylic acid groups (broad SMARTS) is 1. The molecule has 0 spiro atoms. The lowest BCUT2D eigenvalue weighted by Gasteiger charge is -2.25. The van der Waals surface area contributed by atoms with Gasteiger partial charge >= 0.3 is 5.97 Å². The Kier molecular flexibility index (Phi) is 12.3. The molecule has 0 radical (unpaired) electrons. The molecule has 14 heteroatoms. The van der Waals surface area contributed by atoms with Crippen LogP contribution >= 0.6 is 34.5 Å². The first-order valence-electron chi connectivity index (χ1n) is 11.6. The number of anilines is 1. The topological polar surface area (TPSA) is 160 Å². The SMILES string of the molecule is CCO.COCCn1ccnc1-c1nc(N2CCCCC2)sc1C(=O)O.Cc1[nH]c(C(N)=O)c(Cl)c1Cl. The Hall–Kier alpha value is -2.64. The Morgan fingerprint density at radius 2 is 1.89 bits per heavy atom. The van der Waals surface area contributed by atoms with Gasteiger partial charge in [-0.3, -0.25) is 4.79 Å². The predicted molar refractivity (Wildman–Crippen MR) is 145 cm³/mol. The molecular formula is C23H32Cl2N6O5S. The lowest BCUT2D eigenvalue weighted by molar-refractivity contribution is 0.0702. The van der Waals surface area contributed by atoms with E-state index in [2.05, 4.69) is 19.9 Å². The van der Waals surface area contributed by atoms with Crippen LogP contribution in [-0.2, 0) is 11.3 Å². The number of nitrogens with one attached hydrogen (secondary N) is 1. The number of carboxylic acids is 1. The van der Waals surface area contributed by atoms with Gasteiger partial charge in [0.15, 0.2) is 11.0 Å². The summed E-state index contributed by atoms with van der Waals surface area (Å²) >= 11 is 12.6. The molecule has 1 saturated heterocycles. The number of ether oxygens (including phenoxy) is 1. The van der Waals surface area contributed by atoms with Gasteiger partial charge in [0.1, 0.15) is 16.3 Å². The molecule has 1 aliphatic heterocycles. The third-order valence-electron chi connectivity index (χ3n) is 5.20. The van der Waals surface area contributed by atoms with Crippen LogP contribution in [0.5, 0.6) is 0 Å². The van der Waals surface area contributed by atoms with Gasteiger partial charge in [0, 0.05) is 51.4 Å². The van der Waals surface area contributed by atoms with Gasteiger partial charge in [0.05, 0.1) is 16.7 Å². The van der Waals surface area contributed by atoms with Crippen LogP contribution in [0, 0.1) is 6.92 Å². The number of hydrogen-bond acceptors (Lipinski definition) is 8. The number of nitrogens with two attached hydrogens (primary N) is 1. The number of primary amides is 1. The average Bonchev–Trinajstić information content (AvgIpc) is 3.58. The molecule has 0 unspecified atom stereocenters. The van der Waals surface area contributed by atoms with Crippen molar-refractivity contribution in [3.63, 3.8) is 0 Å². The molecule has 37 heavy (non-hydrogen) atoms. The fourth-order valence-electron chi connectivity index (χ4n) is 3.46. The van der Waals surface area contributed by atoms with E-state index in [9.17, 15) is 14.7 Å². The van der Waals surface area contributed by atoms with E-state index in [1.165, 1.54) is 17.8 Å². The van der Waals surface area contributed by atoms with Crippen LogP contribution in [-0.4, -0.2) is 75.0 Å². The van der Waals surface area contributed by atoms with E-state index < -0.39 is 11.9 Å². The highest BCUT2D eigenvalue weighted by atomic mass is 35.5. The van der Waals surface area contributed by atoms with E-state index >= 15 is 0 Å². The Morgan fingerprint density at radius 1 is 1.24 bits per heavy atom. The number of imidazole rings is 1. The maximum absolute atomic E-state index is 11.6. The number of methoxy groups -OCH3 is 1. The number of amides is 1. The molecule has 0 atom stereocenters. The van der Waals surface area contributed by atoms with E-state index in [-0.39, 0.29) is 22.2 Å². The molecule has 3 aromatic rings. The maximum Gasteiger partial charge on any atom is 0.348 e. The van der Waals surface area contributed by atoms with E-state index in [1.807, 2.05) is 10.8 Å². The average molecular weight is 576 g/mol. The van der Waals surface area contributed by atoms with Gasteiger partial charge in [-0.25, -0.2) is 14.8 Å². The Balaban J connectivity index is 0.000000287. The fourth-order valence-corrected chi connectivity index (χ4v) is 4.84. The minimum Gasteiger partial charge on any atom is -0.477 e. The Labute approximate surface area is 229 Å². The van der Waals surface area contributed by atoms with Crippen molar-refractivity contribution in [3.05, 3.63) is 38.7 Å². The minimum atomic E-state index is -0.956. The summed E-state index contributed by atoms with van der Waals surface area (Å²) in [5.74, 6) is -0.981. The minimum absolute atomic E-state index is 0.161. The molecular weight excluding hydrogens is 543 g/mol. The van der Waals surface area contributed by atoms with Crippen molar-refractivity contribution < 1.29 is 24.5 Å². The first-order chi connectivity index (χ1) is 17.7. The zero-order valence-corrected chi connectivity index (χ0v) is 23.3. The number of aryl methyl sites for hydroxylation is 1. The summed E-state index contributed by atoms with van der Waals surface area (Å²) in [4.78, 5) is 36.3. The second-order valence-electron chi connectivity index (χ2n) is 7.90. The summed E-state index contributed by atoms with van der Waals surface area (Å²) in [6, 6.07) is 0. The number of carbonyl (C=O) groups is 2. The van der Waals surface area contributed by atoms with Crippen LogP contribution in [0.1, 0.15) is 52.0 Å². The van der Waals surface area contributed by atoms with Crippen LogP contribution in [0.3, 0.4) is 0 Å². The first kappa shape index (κ1) is 30.6. The van der Waals surface area contributed by atoms with Gasteiger partial charge in [-0.2, -0.15) is 0 Å². The highest BCUT2D eigenvalue weighted by Gasteiger charge is 2.25. The second kappa shape index (κ2) is 14.9. The monoisotopic (exact) mass is 574 g/mol. The molecule has 0 aromatic carbocycles. The summed E-state index contributed by atoms with van der Waals surface area (Å²) in [7, 11) is 1.64. The Bertz CT molecular complexity index is 1170. The smallest absolute Gasteiger partial charge is 0.348 e. The predicted octanol–water partition coefficient (Wildman–Crippen LogP) is 4.07. The molecule has 0 bridgehead atoms. The zero-order chi connectivity index (χ0) is 27.5. The van der Waals surface area contributed by atoms with Gasteiger partial charge in [-0.05, 0) is 33.1 Å². The van der Waals surface area contributed by atoms with E-state index in [4.69, 9.17) is 38.8 Å². The van der Waals surface area contributed by atoms with Crippen LogP contribution < -0.4 is 10.6 Å². The summed E-state index contributed by atoms with van der Waals surface area (Å²) in [6.07, 6.45) is 6.96. The zero-order valence-electron chi connectivity index (χ0n) is 21.0. The number of thiazole rings is 1. The normalized spacial score (nSPS) is 12.9. The number of hydrogen-bond donors (Lipinski definition) is 4. The number of rotatable bonds is 7. The van der Waals surface area contributed by atoms with Crippen molar-refractivity contribution in [1.82, 2.24) is 19.5 Å². The van der Waals surface area contributed by atoms with E-state index in [0.717, 1.165) is 31.1 Å². The van der Waals surface area contributed by atoms with Crippen LogP contribution in [0.15, 0.2) is 12.4 Å². The number of aromatic nitrogens is 4. The summed E-state index contributed by atoms with van der Waals surface area (Å²) in [6.45, 7) is 6.66. The summed E-state index contributed by atoms with van der Waals surface area (Å²) in [5, 5.41) is 18.4. The van der Waals surface area contributed by atoms with Crippen molar-refractivity contribution >= 4 is 51.5 Å². The number of aliphatic hydroxyl groups excluding tert-OH is 1. The number of nitrogens with zero attached hydrogens (tertiary/aromatic N) is 4. The Morgan fingerprint density at radius 3 is 2.38 bits per heavy atom. The van der Waals surface area contributed by atoms with Crippen molar-refractivity contribution in [2.45, 2.75) is 39.7 Å². The number of halogens is 2. The molecule has 5 N–H and O–H groups in total. The highest BCUT2D eigenvalue weighted by molar-refractivity contribution is 7.17. The number of carbonyl (C=O) groups excluding carboxylic acids is 1. The summed E-state index contributed by atoms with van der Waals surface area (Å²) in [5.41, 5.74) is 6.24. The molecule has 4 heterocycles. The lowest BCUT2D eigenvalue weighted by atomic mass is 10.1. The molecule has 204 valence electrons. The van der Waals surface area contributed by atoms with Crippen molar-refractivity contribution in [3.8, 4) is 11.5 Å². The van der Waals surface area contributed by atoms with Crippen LogP contribution in [0.2, 0.25) is 10.0 Å². The fraction of sp³-hybridized carbons (Fsp3) is 0.478. The van der Waals surface area contributed by atoms with Gasteiger partial charge in [-0.15, -0.1) is 0 Å². The van der Waals surface area contributed by atoms with Gasteiger partial charge in [0.25, 0.3) is 5.91 Å². The molecule has 11 nitrogen and oxygen atoms in total. The van der Waals surface area contributed by atoms with Crippen molar-refractivity contribution in [2.24, 2.45) is 5.73 Å². The third kappa shape index (κ3) is 8.17. The third-order valence-corrected chi connectivity index (χ3v) is 7.25. The van der Waals surface area contributed by atoms with E-state index in [1.54, 1.807) is 27.2 Å². The first-order valence-corrected chi connectivity index (χ1v) is 13.2. The molecule has 0 saturated carbocycles. The van der Waals surface area contributed by atoms with Gasteiger partial charge in [-0.1, -0.05) is 34.5 Å². The molecule has 4 rings (SSSR count). The summed E-state index contributed by atoms with van der Waals surface area (Å²) < 4.78 is 6.97. The van der Waals surface area contributed by atoms with Gasteiger partial charge < -0.3 is 35.1 Å². The number of H-pyrrole nitrogens is 1. The number of aromatic amines is 1. The molecule has 1 fully saturated rings. The lowest BCUT2D eigenvalue weighted by Crippen LogP contribution is -2.29. The molecule has 3 aromatic heterocycles.